The standard InChI is InChI=1S/C8H17O2P/c1-4-5-8(9)10-6-7-11(2)3/h4-7H2,1-3H3. The van der Waals surface area contributed by atoms with E-state index in [1.54, 1.807) is 0 Å². The summed E-state index contributed by atoms with van der Waals surface area (Å²) in [5.41, 5.74) is 0. The molecule has 0 radical (unpaired) electrons. The van der Waals surface area contributed by atoms with E-state index in [1.807, 2.05) is 6.92 Å². The zero-order valence-corrected chi connectivity index (χ0v) is 8.49. The molecule has 0 fully saturated rings. The summed E-state index contributed by atoms with van der Waals surface area (Å²) in [5, 5.41) is 0. The first-order valence-corrected chi connectivity index (χ1v) is 6.39. The molecule has 0 atom stereocenters. The van der Waals surface area contributed by atoms with E-state index in [9.17, 15) is 4.79 Å². The van der Waals surface area contributed by atoms with Crippen molar-refractivity contribution in [1.29, 1.82) is 0 Å². The lowest BCUT2D eigenvalue weighted by atomic mass is 10.3. The molecule has 0 saturated heterocycles. The minimum absolute atomic E-state index is 0.0515. The number of hydrogen-bond donors (Lipinski definition) is 0. The number of ether oxygens (including phenoxy) is 1. The van der Waals surface area contributed by atoms with Gasteiger partial charge in [-0.25, -0.2) is 0 Å². The lowest BCUT2D eigenvalue weighted by Gasteiger charge is -2.05. The van der Waals surface area contributed by atoms with E-state index in [-0.39, 0.29) is 13.9 Å². The zero-order valence-electron chi connectivity index (χ0n) is 7.59. The van der Waals surface area contributed by atoms with Crippen LogP contribution in [0, 0.1) is 0 Å². The second kappa shape index (κ2) is 6.60. The Morgan fingerprint density at radius 1 is 1.45 bits per heavy atom. The summed E-state index contributed by atoms with van der Waals surface area (Å²) in [6.45, 7) is 6.96. The SMILES string of the molecule is CCCC(=O)OCCP(C)C. The third-order valence-corrected chi connectivity index (χ3v) is 2.33. The molecule has 0 aromatic heterocycles. The Morgan fingerprint density at radius 3 is 2.55 bits per heavy atom. The van der Waals surface area contributed by atoms with Crippen molar-refractivity contribution in [3.05, 3.63) is 0 Å². The molecule has 0 spiro atoms. The van der Waals surface area contributed by atoms with Crippen LogP contribution in [0.4, 0.5) is 0 Å². The largest absolute Gasteiger partial charge is 0.465 e. The maximum atomic E-state index is 10.8. The van der Waals surface area contributed by atoms with Crippen LogP contribution in [-0.2, 0) is 9.53 Å². The summed E-state index contributed by atoms with van der Waals surface area (Å²) in [4.78, 5) is 10.8. The predicted molar refractivity (Wildman–Crippen MR) is 49.5 cm³/mol. The molecule has 66 valence electrons. The summed E-state index contributed by atoms with van der Waals surface area (Å²) in [6.07, 6.45) is 2.47. The topological polar surface area (TPSA) is 26.3 Å². The highest BCUT2D eigenvalue weighted by Crippen LogP contribution is 2.22. The number of carbonyl (C=O) groups is 1. The van der Waals surface area contributed by atoms with Crippen molar-refractivity contribution in [2.75, 3.05) is 26.1 Å². The molecular weight excluding hydrogens is 159 g/mol. The third kappa shape index (κ3) is 7.80. The minimum atomic E-state index is -0.0515. The van der Waals surface area contributed by atoms with Gasteiger partial charge in [0.2, 0.25) is 0 Å². The van der Waals surface area contributed by atoms with Crippen molar-refractivity contribution in [1.82, 2.24) is 0 Å². The van der Waals surface area contributed by atoms with Crippen LogP contribution in [0.15, 0.2) is 0 Å². The summed E-state index contributed by atoms with van der Waals surface area (Å²) in [6, 6.07) is 0. The maximum absolute atomic E-state index is 10.8. The molecule has 3 heteroatoms. The normalized spacial score (nSPS) is 10.2. The quantitative estimate of drug-likeness (QED) is 0.473. The number of esters is 1. The summed E-state index contributed by atoms with van der Waals surface area (Å²) in [7, 11) is 0.0824. The molecule has 0 N–H and O–H groups in total. The fourth-order valence-electron chi connectivity index (χ4n) is 0.618. The first kappa shape index (κ1) is 10.9. The van der Waals surface area contributed by atoms with Crippen molar-refractivity contribution in [3.8, 4) is 0 Å². The molecule has 0 aromatic carbocycles. The van der Waals surface area contributed by atoms with Gasteiger partial charge in [0, 0.05) is 12.6 Å². The number of rotatable bonds is 5. The van der Waals surface area contributed by atoms with Gasteiger partial charge in [0.15, 0.2) is 0 Å². The molecule has 2 nitrogen and oxygen atoms in total. The van der Waals surface area contributed by atoms with Gasteiger partial charge < -0.3 is 4.74 Å². The van der Waals surface area contributed by atoms with Gasteiger partial charge in [-0.2, -0.15) is 0 Å². The third-order valence-electron chi connectivity index (χ3n) is 1.26. The van der Waals surface area contributed by atoms with Crippen LogP contribution in [0.2, 0.25) is 0 Å². The Hall–Kier alpha value is -0.100. The summed E-state index contributed by atoms with van der Waals surface area (Å²) in [5.74, 6) is -0.0515. The van der Waals surface area contributed by atoms with Crippen LogP contribution in [0.1, 0.15) is 19.8 Å². The highest BCUT2D eigenvalue weighted by Gasteiger charge is 2.00. The molecule has 0 amide bonds. The Kier molecular flexibility index (Phi) is 6.54. The average Bonchev–Trinajstić information content (AvgIpc) is 1.87. The summed E-state index contributed by atoms with van der Waals surface area (Å²) >= 11 is 0. The van der Waals surface area contributed by atoms with Crippen LogP contribution in [-0.4, -0.2) is 32.1 Å². The fraction of sp³-hybridized carbons (Fsp3) is 0.875. The van der Waals surface area contributed by atoms with Gasteiger partial charge in [0.05, 0.1) is 6.61 Å². The number of carbonyl (C=O) groups excluding carboxylic acids is 1. The Morgan fingerprint density at radius 2 is 2.09 bits per heavy atom. The molecule has 0 heterocycles. The molecule has 0 rings (SSSR count). The molecule has 0 aliphatic carbocycles. The summed E-state index contributed by atoms with van der Waals surface area (Å²) < 4.78 is 4.97. The van der Waals surface area contributed by atoms with Crippen molar-refractivity contribution >= 4 is 13.9 Å². The Labute approximate surface area is 70.1 Å². The molecule has 0 aliphatic heterocycles. The smallest absolute Gasteiger partial charge is 0.305 e. The molecule has 0 bridgehead atoms. The van der Waals surface area contributed by atoms with E-state index >= 15 is 0 Å². The van der Waals surface area contributed by atoms with Crippen LogP contribution in [0.25, 0.3) is 0 Å². The van der Waals surface area contributed by atoms with Gasteiger partial charge in [-0.05, 0) is 19.8 Å². The minimum Gasteiger partial charge on any atom is -0.465 e. The molecule has 0 saturated carbocycles. The van der Waals surface area contributed by atoms with E-state index in [1.165, 1.54) is 0 Å². The van der Waals surface area contributed by atoms with Crippen molar-refractivity contribution < 1.29 is 9.53 Å². The van der Waals surface area contributed by atoms with E-state index < -0.39 is 0 Å². The van der Waals surface area contributed by atoms with E-state index in [0.717, 1.165) is 12.6 Å². The van der Waals surface area contributed by atoms with E-state index in [2.05, 4.69) is 13.3 Å². The van der Waals surface area contributed by atoms with E-state index in [0.29, 0.717) is 13.0 Å². The van der Waals surface area contributed by atoms with Crippen molar-refractivity contribution in [3.63, 3.8) is 0 Å². The fourth-order valence-corrected chi connectivity index (χ4v) is 1.07. The highest BCUT2D eigenvalue weighted by atomic mass is 31.1. The van der Waals surface area contributed by atoms with Gasteiger partial charge in [0.25, 0.3) is 0 Å². The molecule has 0 aliphatic rings. The van der Waals surface area contributed by atoms with Crippen LogP contribution in [0.5, 0.6) is 0 Å². The lowest BCUT2D eigenvalue weighted by molar-refractivity contribution is -0.143. The maximum Gasteiger partial charge on any atom is 0.305 e. The number of hydrogen-bond acceptors (Lipinski definition) is 2. The Bertz CT molecular complexity index is 113. The van der Waals surface area contributed by atoms with E-state index in [4.69, 9.17) is 4.74 Å². The van der Waals surface area contributed by atoms with Crippen molar-refractivity contribution in [2.45, 2.75) is 19.8 Å². The van der Waals surface area contributed by atoms with Crippen LogP contribution in [0.3, 0.4) is 0 Å². The average molecular weight is 176 g/mol. The van der Waals surface area contributed by atoms with Gasteiger partial charge in [-0.3, -0.25) is 4.79 Å². The first-order chi connectivity index (χ1) is 5.16. The second-order valence-corrected chi connectivity index (χ2v) is 5.38. The molecule has 0 aromatic rings. The molecule has 0 unspecified atom stereocenters. The monoisotopic (exact) mass is 176 g/mol. The first-order valence-electron chi connectivity index (χ1n) is 3.97. The Balaban J connectivity index is 3.17. The molecular formula is C8H17O2P. The predicted octanol–water partition coefficient (Wildman–Crippen LogP) is 2.07. The van der Waals surface area contributed by atoms with Crippen LogP contribution >= 0.6 is 7.92 Å². The zero-order chi connectivity index (χ0) is 8.69. The van der Waals surface area contributed by atoms with Gasteiger partial charge in [0.1, 0.15) is 0 Å². The molecule has 11 heavy (non-hydrogen) atoms. The van der Waals surface area contributed by atoms with Crippen LogP contribution < -0.4 is 0 Å². The van der Waals surface area contributed by atoms with Crippen molar-refractivity contribution in [2.24, 2.45) is 0 Å². The van der Waals surface area contributed by atoms with Gasteiger partial charge >= 0.3 is 5.97 Å². The lowest BCUT2D eigenvalue weighted by Crippen LogP contribution is -2.06. The van der Waals surface area contributed by atoms with Gasteiger partial charge in [-0.1, -0.05) is 6.92 Å². The second-order valence-electron chi connectivity index (χ2n) is 2.77. The highest BCUT2D eigenvalue weighted by molar-refractivity contribution is 7.55. The van der Waals surface area contributed by atoms with Gasteiger partial charge in [-0.15, -0.1) is 7.92 Å².